The number of phenolic OH excluding ortho intramolecular Hbond substituents is 1. The van der Waals surface area contributed by atoms with Crippen molar-refractivity contribution in [1.82, 2.24) is 5.32 Å². The second-order valence-corrected chi connectivity index (χ2v) is 6.23. The van der Waals surface area contributed by atoms with Crippen molar-refractivity contribution in [3.8, 4) is 11.5 Å². The van der Waals surface area contributed by atoms with Gasteiger partial charge in [-0.2, -0.15) is 0 Å². The third kappa shape index (κ3) is 3.21. The smallest absolute Gasteiger partial charge is 0.324 e. The van der Waals surface area contributed by atoms with Crippen LogP contribution in [-0.2, 0) is 9.53 Å². The van der Waals surface area contributed by atoms with Crippen LogP contribution in [0.3, 0.4) is 0 Å². The molecule has 0 unspecified atom stereocenters. The first-order chi connectivity index (χ1) is 9.56. The minimum absolute atomic E-state index is 0.0322. The van der Waals surface area contributed by atoms with Crippen LogP contribution in [0.1, 0.15) is 17.9 Å². The van der Waals surface area contributed by atoms with Gasteiger partial charge in [0.2, 0.25) is 0 Å². The Kier molecular flexibility index (Phi) is 5.17. The van der Waals surface area contributed by atoms with E-state index in [2.05, 4.69) is 21.2 Å². The first kappa shape index (κ1) is 15.5. The number of carbonyl (C=O) groups is 1. The second-order valence-electron chi connectivity index (χ2n) is 4.24. The number of halogens is 1. The molecular formula is C13H16BrNO4S. The number of aromatic hydroxyl groups is 1. The molecule has 110 valence electrons. The van der Waals surface area contributed by atoms with E-state index in [1.807, 2.05) is 6.07 Å². The van der Waals surface area contributed by atoms with E-state index in [1.165, 1.54) is 7.11 Å². The molecule has 2 atom stereocenters. The highest BCUT2D eigenvalue weighted by atomic mass is 79.9. The molecule has 0 aromatic heterocycles. The van der Waals surface area contributed by atoms with Gasteiger partial charge in [0.25, 0.3) is 0 Å². The summed E-state index contributed by atoms with van der Waals surface area (Å²) in [5, 5.41) is 13.0. The van der Waals surface area contributed by atoms with Crippen LogP contribution < -0.4 is 10.1 Å². The Bertz CT molecular complexity index is 511. The fourth-order valence-corrected chi connectivity index (χ4v) is 3.61. The van der Waals surface area contributed by atoms with Gasteiger partial charge in [-0.1, -0.05) is 0 Å². The third-order valence-electron chi connectivity index (χ3n) is 2.93. The number of carbonyl (C=O) groups excluding carboxylic acids is 1. The first-order valence-corrected chi connectivity index (χ1v) is 8.01. The van der Waals surface area contributed by atoms with Crippen LogP contribution in [0.5, 0.6) is 11.5 Å². The topological polar surface area (TPSA) is 67.8 Å². The molecule has 20 heavy (non-hydrogen) atoms. The molecule has 2 rings (SSSR count). The zero-order valence-electron chi connectivity index (χ0n) is 11.2. The molecule has 0 saturated carbocycles. The number of rotatable bonds is 4. The lowest BCUT2D eigenvalue weighted by Gasteiger charge is -2.15. The molecule has 1 aromatic rings. The van der Waals surface area contributed by atoms with Crippen LogP contribution in [0.25, 0.3) is 0 Å². The molecule has 0 aliphatic carbocycles. The number of benzene rings is 1. The Morgan fingerprint density at radius 2 is 2.35 bits per heavy atom. The fraction of sp³-hybridized carbons (Fsp3) is 0.462. The van der Waals surface area contributed by atoms with Crippen molar-refractivity contribution in [3.63, 3.8) is 0 Å². The molecule has 1 saturated heterocycles. The summed E-state index contributed by atoms with van der Waals surface area (Å²) >= 11 is 4.92. The van der Waals surface area contributed by atoms with E-state index in [9.17, 15) is 9.90 Å². The van der Waals surface area contributed by atoms with Gasteiger partial charge in [0.05, 0.1) is 23.6 Å². The summed E-state index contributed by atoms with van der Waals surface area (Å²) < 4.78 is 10.7. The van der Waals surface area contributed by atoms with Crippen molar-refractivity contribution in [2.45, 2.75) is 18.3 Å². The Labute approximate surface area is 130 Å². The lowest BCUT2D eigenvalue weighted by Crippen LogP contribution is -2.35. The predicted octanol–water partition coefficient (Wildman–Crippen LogP) is 2.43. The quantitative estimate of drug-likeness (QED) is 0.802. The van der Waals surface area contributed by atoms with Gasteiger partial charge in [0, 0.05) is 5.75 Å². The number of esters is 1. The number of hydrogen-bond acceptors (Lipinski definition) is 6. The number of phenols is 1. The highest BCUT2D eigenvalue weighted by Crippen LogP contribution is 2.41. The molecular weight excluding hydrogens is 346 g/mol. The molecule has 0 radical (unpaired) electrons. The van der Waals surface area contributed by atoms with E-state index in [-0.39, 0.29) is 23.1 Å². The molecule has 1 aliphatic heterocycles. The van der Waals surface area contributed by atoms with E-state index in [4.69, 9.17) is 9.47 Å². The summed E-state index contributed by atoms with van der Waals surface area (Å²) in [5.41, 5.74) is 0.934. The highest BCUT2D eigenvalue weighted by Gasteiger charge is 2.32. The van der Waals surface area contributed by atoms with Crippen molar-refractivity contribution in [2.24, 2.45) is 0 Å². The van der Waals surface area contributed by atoms with E-state index in [0.29, 0.717) is 22.6 Å². The largest absolute Gasteiger partial charge is 0.503 e. The highest BCUT2D eigenvalue weighted by molar-refractivity contribution is 9.10. The third-order valence-corrected chi connectivity index (χ3v) is 4.80. The predicted molar refractivity (Wildman–Crippen MR) is 81.1 cm³/mol. The number of hydrogen-bond donors (Lipinski definition) is 2. The monoisotopic (exact) mass is 361 g/mol. The van der Waals surface area contributed by atoms with Crippen molar-refractivity contribution < 1.29 is 19.4 Å². The summed E-state index contributed by atoms with van der Waals surface area (Å²) in [7, 11) is 1.50. The first-order valence-electron chi connectivity index (χ1n) is 6.17. The fourth-order valence-electron chi connectivity index (χ4n) is 1.94. The number of nitrogens with one attached hydrogen (secondary N) is 1. The molecule has 2 N–H and O–H groups in total. The number of ether oxygens (including phenoxy) is 2. The maximum atomic E-state index is 11.7. The number of thioether (sulfide) groups is 1. The SMILES string of the molecule is CCOC(=O)[C@@H]1CS[C@@H](c2cc(Br)c(O)c(OC)c2)N1. The van der Waals surface area contributed by atoms with E-state index in [0.717, 1.165) is 5.56 Å². The van der Waals surface area contributed by atoms with Gasteiger partial charge >= 0.3 is 5.97 Å². The molecule has 1 aliphatic rings. The second kappa shape index (κ2) is 6.69. The Morgan fingerprint density at radius 3 is 3.00 bits per heavy atom. The summed E-state index contributed by atoms with van der Waals surface area (Å²) in [6, 6.07) is 3.28. The van der Waals surface area contributed by atoms with Gasteiger partial charge in [0.1, 0.15) is 6.04 Å². The molecule has 1 heterocycles. The van der Waals surface area contributed by atoms with Gasteiger partial charge < -0.3 is 14.6 Å². The maximum Gasteiger partial charge on any atom is 0.324 e. The van der Waals surface area contributed by atoms with Crippen molar-refractivity contribution in [2.75, 3.05) is 19.5 Å². The van der Waals surface area contributed by atoms with Crippen LogP contribution in [-0.4, -0.2) is 36.6 Å². The van der Waals surface area contributed by atoms with Crippen LogP contribution in [0.4, 0.5) is 0 Å². The van der Waals surface area contributed by atoms with Gasteiger partial charge in [-0.15, -0.1) is 11.8 Å². The normalized spacial score (nSPS) is 21.8. The van der Waals surface area contributed by atoms with Gasteiger partial charge in [-0.3, -0.25) is 10.1 Å². The number of methoxy groups -OCH3 is 1. The minimum atomic E-state index is -0.302. The molecule has 0 amide bonds. The van der Waals surface area contributed by atoms with Crippen LogP contribution in [0.15, 0.2) is 16.6 Å². The van der Waals surface area contributed by atoms with Gasteiger partial charge in [-0.25, -0.2) is 0 Å². The zero-order valence-corrected chi connectivity index (χ0v) is 13.6. The van der Waals surface area contributed by atoms with Crippen LogP contribution >= 0.6 is 27.7 Å². The van der Waals surface area contributed by atoms with E-state index < -0.39 is 0 Å². The summed E-state index contributed by atoms with van der Waals surface area (Å²) in [6.45, 7) is 2.17. The van der Waals surface area contributed by atoms with Crippen molar-refractivity contribution in [3.05, 3.63) is 22.2 Å². The molecule has 0 bridgehead atoms. The standard InChI is InChI=1S/C13H16BrNO4S/c1-3-19-13(17)9-6-20-12(15-9)7-4-8(14)11(16)10(5-7)18-2/h4-5,9,12,15-16H,3,6H2,1-2H3/t9-,12-/m0/s1. The van der Waals surface area contributed by atoms with Gasteiger partial charge in [-0.05, 0) is 40.5 Å². The van der Waals surface area contributed by atoms with Crippen LogP contribution in [0, 0.1) is 0 Å². The Balaban J connectivity index is 2.14. The van der Waals surface area contributed by atoms with Crippen LogP contribution in [0.2, 0.25) is 0 Å². The average Bonchev–Trinajstić information content (AvgIpc) is 2.91. The van der Waals surface area contributed by atoms with Crippen molar-refractivity contribution >= 4 is 33.7 Å². The Morgan fingerprint density at radius 1 is 1.60 bits per heavy atom. The summed E-state index contributed by atoms with van der Waals surface area (Å²) in [5.74, 6) is 0.898. The van der Waals surface area contributed by atoms with E-state index in [1.54, 1.807) is 24.8 Å². The molecule has 1 aromatic carbocycles. The lowest BCUT2D eigenvalue weighted by molar-refractivity contribution is -0.144. The zero-order chi connectivity index (χ0) is 14.7. The lowest BCUT2D eigenvalue weighted by atomic mass is 10.2. The Hall–Kier alpha value is -0.920. The molecule has 5 nitrogen and oxygen atoms in total. The average molecular weight is 362 g/mol. The molecule has 7 heteroatoms. The minimum Gasteiger partial charge on any atom is -0.503 e. The molecule has 1 fully saturated rings. The van der Waals surface area contributed by atoms with E-state index >= 15 is 0 Å². The summed E-state index contributed by atoms with van der Waals surface area (Å²) in [6.07, 6.45) is 0. The maximum absolute atomic E-state index is 11.7. The molecule has 0 spiro atoms. The van der Waals surface area contributed by atoms with Crippen molar-refractivity contribution in [1.29, 1.82) is 0 Å². The summed E-state index contributed by atoms with van der Waals surface area (Å²) in [4.78, 5) is 11.7. The van der Waals surface area contributed by atoms with Gasteiger partial charge in [0.15, 0.2) is 11.5 Å².